The molecule has 0 spiro atoms. The van der Waals surface area contributed by atoms with Crippen molar-refractivity contribution in [3.05, 3.63) is 39.3 Å². The molecule has 0 unspecified atom stereocenters. The van der Waals surface area contributed by atoms with Crippen LogP contribution in [0, 0.1) is 6.92 Å². The zero-order valence-electron chi connectivity index (χ0n) is 17.2. The maximum Gasteiger partial charge on any atom is 0.344 e. The highest BCUT2D eigenvalue weighted by Crippen LogP contribution is 2.28. The lowest BCUT2D eigenvalue weighted by molar-refractivity contribution is -0.147. The number of ether oxygens (including phenoxy) is 2. The van der Waals surface area contributed by atoms with Gasteiger partial charge in [0.25, 0.3) is 11.8 Å². The fourth-order valence-corrected chi connectivity index (χ4v) is 3.25. The van der Waals surface area contributed by atoms with Crippen molar-refractivity contribution in [2.75, 3.05) is 25.1 Å². The number of nitrogens with one attached hydrogen (secondary N) is 2. The molecule has 11 heteroatoms. The van der Waals surface area contributed by atoms with E-state index in [-0.39, 0.29) is 48.3 Å². The average molecular weight is 450 g/mol. The largest absolute Gasteiger partial charge is 0.462 e. The summed E-state index contributed by atoms with van der Waals surface area (Å²) < 4.78 is 15.1. The van der Waals surface area contributed by atoms with Crippen LogP contribution in [0.4, 0.5) is 5.88 Å². The van der Waals surface area contributed by atoms with E-state index in [0.29, 0.717) is 4.88 Å². The van der Waals surface area contributed by atoms with Gasteiger partial charge in [0.15, 0.2) is 12.4 Å². The smallest absolute Gasteiger partial charge is 0.344 e. The molecule has 2 heterocycles. The van der Waals surface area contributed by atoms with Gasteiger partial charge in [-0.2, -0.15) is 0 Å². The number of rotatable bonds is 10. The Balaban J connectivity index is 1.88. The molecule has 166 valence electrons. The molecule has 0 atom stereocenters. The van der Waals surface area contributed by atoms with E-state index in [4.69, 9.17) is 13.9 Å². The Morgan fingerprint density at radius 3 is 2.48 bits per heavy atom. The lowest BCUT2D eigenvalue weighted by Gasteiger charge is -2.07. The zero-order chi connectivity index (χ0) is 23.0. The lowest BCUT2D eigenvalue weighted by Crippen LogP contribution is -2.27. The number of ketones is 1. The van der Waals surface area contributed by atoms with Crippen molar-refractivity contribution >= 4 is 46.8 Å². The van der Waals surface area contributed by atoms with E-state index < -0.39 is 30.2 Å². The number of carbonyl (C=O) groups is 5. The quantitative estimate of drug-likeness (QED) is 0.415. The minimum atomic E-state index is -0.821. The van der Waals surface area contributed by atoms with Gasteiger partial charge in [0.05, 0.1) is 23.5 Å². The van der Waals surface area contributed by atoms with Gasteiger partial charge in [-0.25, -0.2) is 4.79 Å². The van der Waals surface area contributed by atoms with Gasteiger partial charge in [-0.1, -0.05) is 6.07 Å². The predicted molar refractivity (Wildman–Crippen MR) is 110 cm³/mol. The molecule has 0 aliphatic carbocycles. The molecule has 2 N–H and O–H groups in total. The van der Waals surface area contributed by atoms with Gasteiger partial charge >= 0.3 is 11.9 Å². The number of Topliss-reactive ketones (excluding diaryl/α,β-unsaturated/α-hetero) is 1. The van der Waals surface area contributed by atoms with E-state index in [2.05, 4.69) is 10.6 Å². The standard InChI is InChI=1S/C20H22N2O8S/c1-4-28-20(27)17-16(11(2)23)12(3)30-19(17)22-14(24)10-29-15(25)7-8-21-18(26)13-6-5-9-31-13/h5-6,9H,4,7-8,10H2,1-3H3,(H,21,26)(H,22,24). The van der Waals surface area contributed by atoms with E-state index in [0.717, 1.165) is 0 Å². The third-order valence-corrected chi connectivity index (χ3v) is 4.76. The molecule has 2 amide bonds. The van der Waals surface area contributed by atoms with Crippen LogP contribution in [-0.2, 0) is 19.1 Å². The van der Waals surface area contributed by atoms with Crippen LogP contribution in [0.15, 0.2) is 21.9 Å². The van der Waals surface area contributed by atoms with E-state index in [1.165, 1.54) is 25.2 Å². The monoisotopic (exact) mass is 450 g/mol. The van der Waals surface area contributed by atoms with Gasteiger partial charge in [-0.3, -0.25) is 24.5 Å². The summed E-state index contributed by atoms with van der Waals surface area (Å²) in [4.78, 5) is 60.3. The second kappa shape index (κ2) is 11.1. The number of hydrogen-bond acceptors (Lipinski definition) is 9. The number of anilines is 1. The van der Waals surface area contributed by atoms with Crippen LogP contribution < -0.4 is 10.6 Å². The Morgan fingerprint density at radius 2 is 1.87 bits per heavy atom. The number of amides is 2. The van der Waals surface area contributed by atoms with Crippen LogP contribution in [0.2, 0.25) is 0 Å². The second-order valence-corrected chi connectivity index (χ2v) is 7.15. The average Bonchev–Trinajstić information content (AvgIpc) is 3.34. The number of furan rings is 1. The fraction of sp³-hybridized carbons (Fsp3) is 0.350. The Kier molecular flexibility index (Phi) is 8.50. The Labute approximate surface area is 181 Å². The third kappa shape index (κ3) is 6.51. The van der Waals surface area contributed by atoms with Gasteiger partial charge in [-0.15, -0.1) is 11.3 Å². The number of hydrogen-bond donors (Lipinski definition) is 2. The van der Waals surface area contributed by atoms with Crippen molar-refractivity contribution in [2.24, 2.45) is 0 Å². The van der Waals surface area contributed by atoms with Gasteiger partial charge < -0.3 is 19.2 Å². The summed E-state index contributed by atoms with van der Waals surface area (Å²) in [5.41, 5.74) is -0.185. The molecule has 0 saturated carbocycles. The van der Waals surface area contributed by atoms with E-state index in [1.54, 1.807) is 24.4 Å². The second-order valence-electron chi connectivity index (χ2n) is 6.21. The Hall–Kier alpha value is -3.47. The molecule has 0 aliphatic heterocycles. The molecule has 0 aliphatic rings. The normalized spacial score (nSPS) is 10.3. The summed E-state index contributed by atoms with van der Waals surface area (Å²) in [5, 5.41) is 6.64. The molecule has 0 bridgehead atoms. The van der Waals surface area contributed by atoms with Gasteiger partial charge in [0.2, 0.25) is 5.88 Å². The van der Waals surface area contributed by atoms with Gasteiger partial charge in [0, 0.05) is 6.54 Å². The first kappa shape index (κ1) is 23.8. The summed E-state index contributed by atoms with van der Waals surface area (Å²) in [5.74, 6) is -3.15. The number of esters is 2. The van der Waals surface area contributed by atoms with Gasteiger partial charge in [0.1, 0.15) is 11.3 Å². The molecule has 0 fully saturated rings. The number of thiophene rings is 1. The molecule has 10 nitrogen and oxygen atoms in total. The minimum absolute atomic E-state index is 0.00669. The number of carbonyl (C=O) groups excluding carboxylic acids is 5. The summed E-state index contributed by atoms with van der Waals surface area (Å²) in [6, 6.07) is 3.39. The summed E-state index contributed by atoms with van der Waals surface area (Å²) >= 11 is 1.27. The topological polar surface area (TPSA) is 141 Å². The highest BCUT2D eigenvalue weighted by Gasteiger charge is 2.28. The van der Waals surface area contributed by atoms with Crippen molar-refractivity contribution in [3.63, 3.8) is 0 Å². The van der Waals surface area contributed by atoms with Crippen molar-refractivity contribution in [1.29, 1.82) is 0 Å². The number of aryl methyl sites for hydroxylation is 1. The first-order chi connectivity index (χ1) is 14.7. The van der Waals surface area contributed by atoms with E-state index in [9.17, 15) is 24.0 Å². The van der Waals surface area contributed by atoms with Crippen LogP contribution in [0.1, 0.15) is 56.4 Å². The van der Waals surface area contributed by atoms with Crippen molar-refractivity contribution in [1.82, 2.24) is 5.32 Å². The van der Waals surface area contributed by atoms with Gasteiger partial charge in [-0.05, 0) is 32.2 Å². The molecular formula is C20H22N2O8S. The van der Waals surface area contributed by atoms with Crippen LogP contribution in [0.3, 0.4) is 0 Å². The van der Waals surface area contributed by atoms with Crippen molar-refractivity contribution < 1.29 is 37.9 Å². The van der Waals surface area contributed by atoms with Crippen LogP contribution in [0.25, 0.3) is 0 Å². The SMILES string of the molecule is CCOC(=O)c1c(NC(=O)COC(=O)CCNC(=O)c2cccs2)oc(C)c1C(C)=O. The molecule has 2 rings (SSSR count). The van der Waals surface area contributed by atoms with E-state index in [1.807, 2.05) is 0 Å². The fourth-order valence-electron chi connectivity index (χ4n) is 2.61. The van der Waals surface area contributed by atoms with Crippen LogP contribution >= 0.6 is 11.3 Å². The first-order valence-electron chi connectivity index (χ1n) is 9.33. The summed E-state index contributed by atoms with van der Waals surface area (Å²) in [6.45, 7) is 3.79. The Morgan fingerprint density at radius 1 is 1.13 bits per heavy atom. The summed E-state index contributed by atoms with van der Waals surface area (Å²) in [6.07, 6.45) is -0.132. The molecule has 2 aromatic rings. The van der Waals surface area contributed by atoms with Crippen LogP contribution in [-0.4, -0.2) is 49.3 Å². The first-order valence-corrected chi connectivity index (χ1v) is 10.2. The van der Waals surface area contributed by atoms with Crippen LogP contribution in [0.5, 0.6) is 0 Å². The molecular weight excluding hydrogens is 428 g/mol. The van der Waals surface area contributed by atoms with E-state index >= 15 is 0 Å². The maximum atomic E-state index is 12.2. The minimum Gasteiger partial charge on any atom is -0.462 e. The van der Waals surface area contributed by atoms with Crippen molar-refractivity contribution in [3.8, 4) is 0 Å². The predicted octanol–water partition coefficient (Wildman–Crippen LogP) is 2.33. The molecule has 2 aromatic heterocycles. The highest BCUT2D eigenvalue weighted by molar-refractivity contribution is 7.12. The summed E-state index contributed by atoms with van der Waals surface area (Å²) in [7, 11) is 0. The molecule has 0 saturated heterocycles. The molecule has 0 radical (unpaired) electrons. The maximum absolute atomic E-state index is 12.2. The molecule has 0 aromatic carbocycles. The Bertz CT molecular complexity index is 978. The third-order valence-electron chi connectivity index (χ3n) is 3.89. The zero-order valence-corrected chi connectivity index (χ0v) is 18.1. The lowest BCUT2D eigenvalue weighted by atomic mass is 10.1. The highest BCUT2D eigenvalue weighted by atomic mass is 32.1. The molecule has 31 heavy (non-hydrogen) atoms. The van der Waals surface area contributed by atoms with Crippen molar-refractivity contribution in [2.45, 2.75) is 27.2 Å².